The minimum absolute atomic E-state index is 0.149. The molecule has 4 rings (SSSR count). The molecular weight excluding hydrogens is 350 g/mol. The highest BCUT2D eigenvalue weighted by molar-refractivity contribution is 8.18. The van der Waals surface area contributed by atoms with Crippen molar-refractivity contribution >= 4 is 40.0 Å². The molecule has 0 aliphatic carbocycles. The Bertz CT molecular complexity index is 1070. The standard InChI is InChI=1S/C17H8F2N2O3S/c18-9-1-2-11(13(19)4-9)12-7-20-6-8-3-10(24-15(8)12)5-14-16(22)21-17(23)25-14/h1-7H,(H,21,22,23)/b14-5+. The maximum atomic E-state index is 14.1. The highest BCUT2D eigenvalue weighted by Crippen LogP contribution is 2.33. The molecule has 2 amide bonds. The van der Waals surface area contributed by atoms with Gasteiger partial charge in [-0.3, -0.25) is 19.9 Å². The van der Waals surface area contributed by atoms with Crippen molar-refractivity contribution in [3.63, 3.8) is 0 Å². The number of amides is 2. The molecule has 0 saturated carbocycles. The summed E-state index contributed by atoms with van der Waals surface area (Å²) < 4.78 is 32.9. The maximum absolute atomic E-state index is 14.1. The molecule has 0 radical (unpaired) electrons. The quantitative estimate of drug-likeness (QED) is 0.699. The van der Waals surface area contributed by atoms with Crippen molar-refractivity contribution in [3.05, 3.63) is 59.0 Å². The van der Waals surface area contributed by atoms with Crippen molar-refractivity contribution < 1.29 is 22.8 Å². The summed E-state index contributed by atoms with van der Waals surface area (Å²) in [5, 5.41) is 2.28. The molecule has 1 N–H and O–H groups in total. The van der Waals surface area contributed by atoms with Crippen molar-refractivity contribution in [1.29, 1.82) is 0 Å². The number of nitrogens with one attached hydrogen (secondary N) is 1. The van der Waals surface area contributed by atoms with Crippen LogP contribution in [0.15, 0.2) is 46.0 Å². The Kier molecular flexibility index (Phi) is 3.61. The van der Waals surface area contributed by atoms with Gasteiger partial charge in [0.05, 0.1) is 4.91 Å². The number of aromatic nitrogens is 1. The molecule has 5 nitrogen and oxygen atoms in total. The van der Waals surface area contributed by atoms with E-state index < -0.39 is 22.8 Å². The van der Waals surface area contributed by atoms with Gasteiger partial charge in [-0.15, -0.1) is 0 Å². The third kappa shape index (κ3) is 2.80. The Balaban J connectivity index is 1.83. The maximum Gasteiger partial charge on any atom is 0.290 e. The number of carbonyl (C=O) groups excluding carboxylic acids is 2. The topological polar surface area (TPSA) is 72.2 Å². The Hall–Kier alpha value is -3.00. The fraction of sp³-hybridized carbons (Fsp3) is 0. The number of thioether (sulfide) groups is 1. The lowest BCUT2D eigenvalue weighted by Gasteiger charge is -2.03. The Morgan fingerprint density at radius 1 is 1.12 bits per heavy atom. The van der Waals surface area contributed by atoms with E-state index in [1.807, 2.05) is 0 Å². The summed E-state index contributed by atoms with van der Waals surface area (Å²) in [7, 11) is 0. The van der Waals surface area contributed by atoms with Gasteiger partial charge in [-0.25, -0.2) is 8.78 Å². The molecule has 8 heteroatoms. The Labute approximate surface area is 143 Å². The zero-order chi connectivity index (χ0) is 17.6. The molecule has 0 unspecified atom stereocenters. The van der Waals surface area contributed by atoms with Crippen LogP contribution in [0.5, 0.6) is 0 Å². The van der Waals surface area contributed by atoms with Crippen LogP contribution in [0.2, 0.25) is 0 Å². The third-order valence-corrected chi connectivity index (χ3v) is 4.39. The number of hydrogen-bond acceptors (Lipinski definition) is 5. The summed E-state index contributed by atoms with van der Waals surface area (Å²) in [5.74, 6) is -1.60. The van der Waals surface area contributed by atoms with E-state index in [4.69, 9.17) is 4.42 Å². The summed E-state index contributed by atoms with van der Waals surface area (Å²) in [6.45, 7) is 0. The first-order valence-electron chi connectivity index (χ1n) is 7.09. The van der Waals surface area contributed by atoms with Crippen LogP contribution in [0.25, 0.3) is 28.2 Å². The van der Waals surface area contributed by atoms with Gasteiger partial charge in [-0.2, -0.15) is 0 Å². The van der Waals surface area contributed by atoms with E-state index in [2.05, 4.69) is 10.3 Å². The lowest BCUT2D eigenvalue weighted by atomic mass is 10.1. The first-order chi connectivity index (χ1) is 12.0. The van der Waals surface area contributed by atoms with Crippen LogP contribution >= 0.6 is 11.8 Å². The second-order valence-electron chi connectivity index (χ2n) is 5.23. The van der Waals surface area contributed by atoms with Crippen LogP contribution in [-0.2, 0) is 4.79 Å². The van der Waals surface area contributed by atoms with E-state index in [1.165, 1.54) is 24.5 Å². The minimum Gasteiger partial charge on any atom is -0.456 e. The zero-order valence-electron chi connectivity index (χ0n) is 12.4. The van der Waals surface area contributed by atoms with Gasteiger partial charge in [0.15, 0.2) is 0 Å². The normalized spacial score (nSPS) is 16.0. The number of pyridine rings is 1. The molecule has 3 heterocycles. The molecular formula is C17H8F2N2O3S. The van der Waals surface area contributed by atoms with Crippen molar-refractivity contribution in [3.8, 4) is 11.1 Å². The van der Waals surface area contributed by atoms with Gasteiger partial charge in [0.25, 0.3) is 11.1 Å². The molecule has 1 aliphatic rings. The van der Waals surface area contributed by atoms with E-state index in [9.17, 15) is 18.4 Å². The summed E-state index contributed by atoms with van der Waals surface area (Å²) >= 11 is 0.767. The molecule has 1 aromatic carbocycles. The smallest absolute Gasteiger partial charge is 0.290 e. The largest absolute Gasteiger partial charge is 0.456 e. The first-order valence-corrected chi connectivity index (χ1v) is 7.91. The minimum atomic E-state index is -0.734. The van der Waals surface area contributed by atoms with Gasteiger partial charge in [-0.05, 0) is 30.0 Å². The van der Waals surface area contributed by atoms with Crippen LogP contribution < -0.4 is 5.32 Å². The lowest BCUT2D eigenvalue weighted by molar-refractivity contribution is -0.115. The molecule has 0 atom stereocenters. The summed E-state index contributed by atoms with van der Waals surface area (Å²) in [4.78, 5) is 27.1. The molecule has 0 spiro atoms. The number of imide groups is 1. The summed E-state index contributed by atoms with van der Waals surface area (Å²) in [5.41, 5.74) is 0.859. The summed E-state index contributed by atoms with van der Waals surface area (Å²) in [6, 6.07) is 4.86. The second-order valence-corrected chi connectivity index (χ2v) is 6.25. The van der Waals surface area contributed by atoms with Crippen LogP contribution in [0.1, 0.15) is 5.76 Å². The van der Waals surface area contributed by atoms with Crippen molar-refractivity contribution in [2.45, 2.75) is 0 Å². The molecule has 1 fully saturated rings. The molecule has 124 valence electrons. The van der Waals surface area contributed by atoms with E-state index in [0.717, 1.165) is 23.9 Å². The number of benzene rings is 1. The number of rotatable bonds is 2. The molecule has 3 aromatic rings. The van der Waals surface area contributed by atoms with Crippen molar-refractivity contribution in [1.82, 2.24) is 10.3 Å². The fourth-order valence-electron chi connectivity index (χ4n) is 2.50. The second kappa shape index (κ2) is 5.82. The van der Waals surface area contributed by atoms with Crippen molar-refractivity contribution in [2.24, 2.45) is 0 Å². The van der Waals surface area contributed by atoms with E-state index in [1.54, 1.807) is 6.07 Å². The van der Waals surface area contributed by atoms with E-state index >= 15 is 0 Å². The SMILES string of the molecule is O=C1NC(=O)/C(=C\c2cc3cncc(-c4ccc(F)cc4F)c3o2)S1. The van der Waals surface area contributed by atoms with E-state index in [0.29, 0.717) is 22.3 Å². The summed E-state index contributed by atoms with van der Waals surface area (Å²) in [6.07, 6.45) is 4.37. The van der Waals surface area contributed by atoms with Gasteiger partial charge in [0.1, 0.15) is 23.0 Å². The predicted octanol–water partition coefficient (Wildman–Crippen LogP) is 4.10. The van der Waals surface area contributed by atoms with Crippen LogP contribution in [-0.4, -0.2) is 16.1 Å². The number of furan rings is 1. The number of carbonyl (C=O) groups is 2. The Morgan fingerprint density at radius 3 is 2.68 bits per heavy atom. The number of nitrogens with zero attached hydrogens (tertiary/aromatic N) is 1. The molecule has 1 aliphatic heterocycles. The number of halogens is 2. The Morgan fingerprint density at radius 2 is 1.96 bits per heavy atom. The van der Waals surface area contributed by atoms with E-state index in [-0.39, 0.29) is 10.5 Å². The highest BCUT2D eigenvalue weighted by atomic mass is 32.2. The van der Waals surface area contributed by atoms with Crippen LogP contribution in [0.3, 0.4) is 0 Å². The number of hydrogen-bond donors (Lipinski definition) is 1. The van der Waals surface area contributed by atoms with Crippen LogP contribution in [0.4, 0.5) is 13.6 Å². The third-order valence-electron chi connectivity index (χ3n) is 3.58. The predicted molar refractivity (Wildman–Crippen MR) is 88.5 cm³/mol. The van der Waals surface area contributed by atoms with Crippen molar-refractivity contribution in [2.75, 3.05) is 0 Å². The van der Waals surface area contributed by atoms with Gasteiger partial charge in [0.2, 0.25) is 0 Å². The highest BCUT2D eigenvalue weighted by Gasteiger charge is 2.25. The van der Waals surface area contributed by atoms with Gasteiger partial charge < -0.3 is 4.42 Å². The number of fused-ring (bicyclic) bond motifs is 1. The first kappa shape index (κ1) is 15.5. The molecule has 25 heavy (non-hydrogen) atoms. The average Bonchev–Trinajstić information content (AvgIpc) is 3.10. The molecule has 0 bridgehead atoms. The van der Waals surface area contributed by atoms with Gasteiger partial charge >= 0.3 is 0 Å². The molecule has 2 aromatic heterocycles. The lowest BCUT2D eigenvalue weighted by Crippen LogP contribution is -2.17. The average molecular weight is 358 g/mol. The van der Waals surface area contributed by atoms with Gasteiger partial charge in [0, 0.05) is 41.0 Å². The monoisotopic (exact) mass is 358 g/mol. The zero-order valence-corrected chi connectivity index (χ0v) is 13.2. The molecule has 1 saturated heterocycles. The fourth-order valence-corrected chi connectivity index (χ4v) is 3.17. The van der Waals surface area contributed by atoms with Crippen LogP contribution in [0, 0.1) is 11.6 Å². The van der Waals surface area contributed by atoms with Gasteiger partial charge in [-0.1, -0.05) is 0 Å².